The molecule has 30 heavy (non-hydrogen) atoms. The van der Waals surface area contributed by atoms with Crippen molar-refractivity contribution in [2.75, 3.05) is 0 Å². The first-order valence-corrected chi connectivity index (χ1v) is 12.6. The molecule has 0 aromatic heterocycles. The van der Waals surface area contributed by atoms with Crippen molar-refractivity contribution < 1.29 is 9.53 Å². The average Bonchev–Trinajstić information content (AvgIpc) is 2.70. The summed E-state index contributed by atoms with van der Waals surface area (Å²) in [5.74, 6) is 0.683. The predicted molar refractivity (Wildman–Crippen MR) is 144 cm³/mol. The van der Waals surface area contributed by atoms with Crippen LogP contribution >= 0.6 is 77.0 Å². The van der Waals surface area contributed by atoms with E-state index in [2.05, 4.69) is 87.6 Å². The van der Waals surface area contributed by atoms with Crippen molar-refractivity contribution in [3.63, 3.8) is 0 Å². The number of ether oxygens (including phenoxy) is 1. The number of hydrogen-bond donors (Lipinski definition) is 1. The molecule has 1 N–H and O–H groups in total. The Morgan fingerprint density at radius 1 is 0.933 bits per heavy atom. The van der Waals surface area contributed by atoms with E-state index in [0.29, 0.717) is 6.61 Å². The lowest BCUT2D eigenvalue weighted by atomic mass is 10.1. The van der Waals surface area contributed by atoms with Gasteiger partial charge >= 0.3 is 0 Å². The van der Waals surface area contributed by atoms with Crippen LogP contribution in [0.5, 0.6) is 5.75 Å². The number of rotatable bonds is 7. The molecule has 0 aliphatic carbocycles. The van der Waals surface area contributed by atoms with Gasteiger partial charge in [-0.05, 0) is 98.3 Å². The lowest BCUT2D eigenvalue weighted by Crippen LogP contribution is -2.19. The van der Waals surface area contributed by atoms with E-state index in [1.807, 2.05) is 60.7 Å². The van der Waals surface area contributed by atoms with Crippen molar-refractivity contribution >= 4 is 89.2 Å². The molecule has 3 aromatic rings. The van der Waals surface area contributed by atoms with Gasteiger partial charge in [0.2, 0.25) is 5.91 Å². The number of amides is 1. The SMILES string of the molecule is O=C(Cc1ccc(Br)cc1)N/N=C/c1cc(I)c(OCc2ccc(Br)cc2)c(I)c1. The van der Waals surface area contributed by atoms with E-state index in [-0.39, 0.29) is 12.3 Å². The molecular formula is C22H16Br2I2N2O2. The monoisotopic (exact) mass is 752 g/mol. The van der Waals surface area contributed by atoms with E-state index in [9.17, 15) is 4.79 Å². The minimum atomic E-state index is -0.160. The fourth-order valence-electron chi connectivity index (χ4n) is 2.53. The molecule has 1 amide bonds. The van der Waals surface area contributed by atoms with Gasteiger partial charge in [0.25, 0.3) is 0 Å². The predicted octanol–water partition coefficient (Wildman–Crippen LogP) is 6.69. The zero-order valence-corrected chi connectivity index (χ0v) is 23.0. The van der Waals surface area contributed by atoms with Gasteiger partial charge in [-0.2, -0.15) is 5.10 Å². The lowest BCUT2D eigenvalue weighted by Gasteiger charge is -2.11. The number of hydrazone groups is 1. The van der Waals surface area contributed by atoms with Crippen LogP contribution in [0.2, 0.25) is 0 Å². The Kier molecular flexibility index (Phi) is 9.14. The van der Waals surface area contributed by atoms with Crippen LogP contribution in [0.3, 0.4) is 0 Å². The maximum absolute atomic E-state index is 12.1. The van der Waals surface area contributed by atoms with Crippen LogP contribution in [0.4, 0.5) is 0 Å². The molecule has 0 atom stereocenters. The van der Waals surface area contributed by atoms with Crippen LogP contribution in [0.1, 0.15) is 16.7 Å². The van der Waals surface area contributed by atoms with Crippen molar-refractivity contribution in [3.8, 4) is 5.75 Å². The highest BCUT2D eigenvalue weighted by atomic mass is 127. The van der Waals surface area contributed by atoms with Crippen molar-refractivity contribution in [2.24, 2.45) is 5.10 Å². The number of carbonyl (C=O) groups is 1. The third-order valence-electron chi connectivity index (χ3n) is 4.00. The Hall–Kier alpha value is -0.980. The first-order valence-electron chi connectivity index (χ1n) is 8.83. The van der Waals surface area contributed by atoms with Crippen molar-refractivity contribution in [2.45, 2.75) is 13.0 Å². The molecule has 0 spiro atoms. The summed E-state index contributed by atoms with van der Waals surface area (Å²) < 4.78 is 10.0. The lowest BCUT2D eigenvalue weighted by molar-refractivity contribution is -0.120. The standard InChI is InChI=1S/C22H16Br2I2N2O2/c23-17-5-1-14(2-6-17)11-21(29)28-27-12-16-9-19(25)22(20(26)10-16)30-13-15-3-7-18(24)8-4-15/h1-10,12H,11,13H2,(H,28,29)/b27-12+. The number of carbonyl (C=O) groups excluding carboxylic acids is 1. The van der Waals surface area contributed by atoms with Crippen molar-refractivity contribution in [1.29, 1.82) is 0 Å². The first-order chi connectivity index (χ1) is 14.4. The highest BCUT2D eigenvalue weighted by molar-refractivity contribution is 14.1. The maximum Gasteiger partial charge on any atom is 0.244 e. The van der Waals surface area contributed by atoms with E-state index >= 15 is 0 Å². The second-order valence-electron chi connectivity index (χ2n) is 6.33. The van der Waals surface area contributed by atoms with E-state index in [1.165, 1.54) is 0 Å². The molecule has 0 aliphatic rings. The Morgan fingerprint density at radius 2 is 1.47 bits per heavy atom. The van der Waals surface area contributed by atoms with E-state index < -0.39 is 0 Å². The number of nitrogens with one attached hydrogen (secondary N) is 1. The molecule has 4 nitrogen and oxygen atoms in total. The van der Waals surface area contributed by atoms with Gasteiger partial charge in [0.1, 0.15) is 12.4 Å². The summed E-state index contributed by atoms with van der Waals surface area (Å²) in [7, 11) is 0. The van der Waals surface area contributed by atoms with Crippen LogP contribution in [-0.4, -0.2) is 12.1 Å². The molecule has 0 fully saturated rings. The maximum atomic E-state index is 12.1. The largest absolute Gasteiger partial charge is 0.487 e. The minimum absolute atomic E-state index is 0.160. The summed E-state index contributed by atoms with van der Waals surface area (Å²) in [5.41, 5.74) is 5.50. The first kappa shape index (κ1) is 23.7. The molecule has 0 aliphatic heterocycles. The minimum Gasteiger partial charge on any atom is -0.487 e. The van der Waals surface area contributed by atoms with Gasteiger partial charge in [-0.25, -0.2) is 5.43 Å². The summed E-state index contributed by atoms with van der Waals surface area (Å²) in [4.78, 5) is 12.1. The summed E-state index contributed by atoms with van der Waals surface area (Å²) in [6.45, 7) is 0.499. The molecule has 0 saturated carbocycles. The third kappa shape index (κ3) is 7.31. The molecular weight excluding hydrogens is 738 g/mol. The molecule has 154 valence electrons. The molecule has 0 bridgehead atoms. The highest BCUT2D eigenvalue weighted by Gasteiger charge is 2.09. The Morgan fingerprint density at radius 3 is 2.03 bits per heavy atom. The molecule has 0 unspecified atom stereocenters. The van der Waals surface area contributed by atoms with Gasteiger partial charge in [0.15, 0.2) is 0 Å². The van der Waals surface area contributed by atoms with Crippen LogP contribution < -0.4 is 10.2 Å². The topological polar surface area (TPSA) is 50.7 Å². The number of halogens is 4. The fraction of sp³-hybridized carbons (Fsp3) is 0.0909. The summed E-state index contributed by atoms with van der Waals surface area (Å²) in [6, 6.07) is 19.7. The average molecular weight is 754 g/mol. The molecule has 0 saturated heterocycles. The highest BCUT2D eigenvalue weighted by Crippen LogP contribution is 2.29. The Bertz CT molecular complexity index is 1030. The summed E-state index contributed by atoms with van der Waals surface area (Å²) in [6.07, 6.45) is 1.92. The van der Waals surface area contributed by atoms with Gasteiger partial charge in [0, 0.05) is 8.95 Å². The van der Waals surface area contributed by atoms with Crippen molar-refractivity contribution in [1.82, 2.24) is 5.43 Å². The molecule has 8 heteroatoms. The number of hydrogen-bond acceptors (Lipinski definition) is 3. The van der Waals surface area contributed by atoms with Crippen LogP contribution in [0.25, 0.3) is 0 Å². The van der Waals surface area contributed by atoms with E-state index in [4.69, 9.17) is 4.74 Å². The van der Waals surface area contributed by atoms with E-state index in [0.717, 1.165) is 38.5 Å². The normalized spacial score (nSPS) is 10.9. The van der Waals surface area contributed by atoms with Crippen molar-refractivity contribution in [3.05, 3.63) is 93.4 Å². The van der Waals surface area contributed by atoms with Gasteiger partial charge in [0.05, 0.1) is 19.8 Å². The summed E-state index contributed by atoms with van der Waals surface area (Å²) >= 11 is 11.3. The smallest absolute Gasteiger partial charge is 0.244 e. The van der Waals surface area contributed by atoms with E-state index in [1.54, 1.807) is 6.21 Å². The quantitative estimate of drug-likeness (QED) is 0.166. The molecule has 3 rings (SSSR count). The van der Waals surface area contributed by atoms with Crippen LogP contribution in [-0.2, 0) is 17.8 Å². The Labute approximate surface area is 219 Å². The Balaban J connectivity index is 1.57. The van der Waals surface area contributed by atoms with Crippen LogP contribution in [0.15, 0.2) is 74.7 Å². The van der Waals surface area contributed by atoms with Gasteiger partial charge in [-0.1, -0.05) is 56.1 Å². The number of benzene rings is 3. The molecule has 0 heterocycles. The van der Waals surface area contributed by atoms with Gasteiger partial charge in [-0.15, -0.1) is 0 Å². The fourth-order valence-corrected chi connectivity index (χ4v) is 5.19. The second kappa shape index (κ2) is 11.6. The number of nitrogens with zero attached hydrogens (tertiary/aromatic N) is 1. The summed E-state index contributed by atoms with van der Waals surface area (Å²) in [5, 5.41) is 4.08. The van der Waals surface area contributed by atoms with Crippen LogP contribution in [0, 0.1) is 7.14 Å². The second-order valence-corrected chi connectivity index (χ2v) is 10.5. The van der Waals surface area contributed by atoms with Gasteiger partial charge in [-0.3, -0.25) is 4.79 Å². The van der Waals surface area contributed by atoms with Gasteiger partial charge < -0.3 is 4.74 Å². The zero-order chi connectivity index (χ0) is 21.5. The zero-order valence-electron chi connectivity index (χ0n) is 15.5. The molecule has 0 radical (unpaired) electrons. The molecule has 3 aromatic carbocycles. The third-order valence-corrected chi connectivity index (χ3v) is 6.66.